The van der Waals surface area contributed by atoms with Crippen LogP contribution in [-0.2, 0) is 6.42 Å². The quantitative estimate of drug-likeness (QED) is 0.744. The van der Waals surface area contributed by atoms with Crippen LogP contribution in [0.3, 0.4) is 0 Å². The Morgan fingerprint density at radius 1 is 1.17 bits per heavy atom. The van der Waals surface area contributed by atoms with Gasteiger partial charge in [-0.15, -0.1) is 0 Å². The van der Waals surface area contributed by atoms with Gasteiger partial charge in [-0.1, -0.05) is 37.3 Å². The molecule has 3 rings (SSSR count). The molecule has 0 amide bonds. The summed E-state index contributed by atoms with van der Waals surface area (Å²) < 4.78 is 10.5. The van der Waals surface area contributed by atoms with E-state index in [4.69, 9.17) is 9.15 Å². The lowest BCUT2D eigenvalue weighted by Crippen LogP contribution is -2.11. The molecule has 1 atom stereocenters. The molecular weight excluding hydrogens is 292 g/mol. The van der Waals surface area contributed by atoms with E-state index in [1.165, 1.54) is 0 Å². The van der Waals surface area contributed by atoms with Gasteiger partial charge in [-0.05, 0) is 36.1 Å². The van der Waals surface area contributed by atoms with Gasteiger partial charge >= 0.3 is 5.63 Å². The molecule has 1 aromatic heterocycles. The molecule has 0 aliphatic heterocycles. The molecule has 23 heavy (non-hydrogen) atoms. The molecule has 0 bridgehead atoms. The van der Waals surface area contributed by atoms with E-state index < -0.39 is 5.63 Å². The molecule has 0 spiro atoms. The second kappa shape index (κ2) is 6.16. The van der Waals surface area contributed by atoms with Crippen molar-refractivity contribution >= 4 is 11.0 Å². The average Bonchev–Trinajstić information content (AvgIpc) is 2.59. The van der Waals surface area contributed by atoms with Gasteiger partial charge < -0.3 is 14.3 Å². The predicted octanol–water partition coefficient (Wildman–Crippen LogP) is 3.85. The molecule has 0 radical (unpaired) electrons. The maximum atomic E-state index is 12.2. The monoisotopic (exact) mass is 310 g/mol. The Labute approximate surface area is 134 Å². The first-order chi connectivity index (χ1) is 11.1. The molecule has 0 aliphatic carbocycles. The first-order valence-electron chi connectivity index (χ1n) is 7.47. The largest absolute Gasteiger partial charge is 0.507 e. The van der Waals surface area contributed by atoms with Crippen LogP contribution in [0, 0.1) is 0 Å². The third-order valence-corrected chi connectivity index (χ3v) is 4.06. The Morgan fingerprint density at radius 2 is 1.91 bits per heavy atom. The molecule has 1 unspecified atom stereocenters. The van der Waals surface area contributed by atoms with Crippen LogP contribution in [0.4, 0.5) is 0 Å². The molecule has 1 N–H and O–H groups in total. The van der Waals surface area contributed by atoms with Crippen molar-refractivity contribution in [3.8, 4) is 11.5 Å². The fraction of sp³-hybridized carbons (Fsp3) is 0.211. The third kappa shape index (κ3) is 2.93. The zero-order chi connectivity index (χ0) is 16.4. The van der Waals surface area contributed by atoms with Gasteiger partial charge in [-0.3, -0.25) is 0 Å². The lowest BCUT2D eigenvalue weighted by Gasteiger charge is -2.13. The lowest BCUT2D eigenvalue weighted by atomic mass is 9.93. The maximum Gasteiger partial charge on any atom is 0.343 e. The van der Waals surface area contributed by atoms with E-state index in [2.05, 4.69) is 0 Å². The van der Waals surface area contributed by atoms with Gasteiger partial charge in [0.15, 0.2) is 0 Å². The summed E-state index contributed by atoms with van der Waals surface area (Å²) in [5, 5.41) is 11.0. The van der Waals surface area contributed by atoms with Gasteiger partial charge in [0.2, 0.25) is 0 Å². The van der Waals surface area contributed by atoms with Crippen LogP contribution < -0.4 is 10.4 Å². The summed E-state index contributed by atoms with van der Waals surface area (Å²) in [7, 11) is 1.55. The Morgan fingerprint density at radius 3 is 2.61 bits per heavy atom. The third-order valence-electron chi connectivity index (χ3n) is 4.06. The highest BCUT2D eigenvalue weighted by Crippen LogP contribution is 2.32. The predicted molar refractivity (Wildman–Crippen MR) is 89.3 cm³/mol. The Kier molecular flexibility index (Phi) is 4.06. The highest BCUT2D eigenvalue weighted by Gasteiger charge is 2.18. The van der Waals surface area contributed by atoms with Gasteiger partial charge in [-0.2, -0.15) is 0 Å². The first kappa shape index (κ1) is 15.2. The first-order valence-corrected chi connectivity index (χ1v) is 7.47. The number of aromatic hydroxyl groups is 1. The lowest BCUT2D eigenvalue weighted by molar-refractivity contribution is 0.413. The van der Waals surface area contributed by atoms with Crippen LogP contribution >= 0.6 is 0 Å². The van der Waals surface area contributed by atoms with Crippen LogP contribution in [0.15, 0.2) is 57.7 Å². The summed E-state index contributed by atoms with van der Waals surface area (Å²) in [6.07, 6.45) is 0.408. The van der Waals surface area contributed by atoms with Crippen molar-refractivity contribution in [3.63, 3.8) is 0 Å². The van der Waals surface area contributed by atoms with Crippen molar-refractivity contribution in [3.05, 3.63) is 70.1 Å². The smallest absolute Gasteiger partial charge is 0.343 e. The summed E-state index contributed by atoms with van der Waals surface area (Å²) in [5.41, 5.74) is 1.26. The Hall–Kier alpha value is -2.75. The SMILES string of the molecule is COc1ccc2oc(=O)c(CC(C)c3ccccc3)c(O)c2c1. The second-order valence-electron chi connectivity index (χ2n) is 5.59. The van der Waals surface area contributed by atoms with E-state index in [0.717, 1.165) is 5.56 Å². The topological polar surface area (TPSA) is 59.7 Å². The molecular formula is C19H18O4. The van der Waals surface area contributed by atoms with E-state index in [9.17, 15) is 9.90 Å². The van der Waals surface area contributed by atoms with Crippen molar-refractivity contribution in [2.24, 2.45) is 0 Å². The van der Waals surface area contributed by atoms with Crippen molar-refractivity contribution in [2.75, 3.05) is 7.11 Å². The number of hydrogen-bond acceptors (Lipinski definition) is 4. The summed E-state index contributed by atoms with van der Waals surface area (Å²) in [6, 6.07) is 14.9. The number of hydrogen-bond donors (Lipinski definition) is 1. The molecule has 4 nitrogen and oxygen atoms in total. The minimum absolute atomic E-state index is 0.0297. The summed E-state index contributed by atoms with van der Waals surface area (Å²) >= 11 is 0. The number of ether oxygens (including phenoxy) is 1. The normalized spacial score (nSPS) is 12.3. The molecule has 3 aromatic rings. The molecule has 1 heterocycles. The van der Waals surface area contributed by atoms with Crippen LogP contribution in [-0.4, -0.2) is 12.2 Å². The van der Waals surface area contributed by atoms with E-state index in [1.54, 1.807) is 25.3 Å². The summed E-state index contributed by atoms with van der Waals surface area (Å²) in [5.74, 6) is 0.662. The highest BCUT2D eigenvalue weighted by molar-refractivity contribution is 5.85. The zero-order valence-corrected chi connectivity index (χ0v) is 13.1. The minimum atomic E-state index is -0.497. The maximum absolute atomic E-state index is 12.2. The number of methoxy groups -OCH3 is 1. The Balaban J connectivity index is 2.05. The van der Waals surface area contributed by atoms with Crippen LogP contribution in [0.5, 0.6) is 11.5 Å². The number of benzene rings is 2. The van der Waals surface area contributed by atoms with Crippen LogP contribution in [0.1, 0.15) is 24.0 Å². The average molecular weight is 310 g/mol. The fourth-order valence-electron chi connectivity index (χ4n) is 2.72. The molecule has 2 aromatic carbocycles. The molecule has 0 saturated carbocycles. The number of fused-ring (bicyclic) bond motifs is 1. The molecule has 0 saturated heterocycles. The van der Waals surface area contributed by atoms with Crippen molar-refractivity contribution in [1.29, 1.82) is 0 Å². The van der Waals surface area contributed by atoms with Gasteiger partial charge in [0.25, 0.3) is 0 Å². The zero-order valence-electron chi connectivity index (χ0n) is 13.1. The number of rotatable bonds is 4. The van der Waals surface area contributed by atoms with Crippen molar-refractivity contribution < 1.29 is 14.3 Å². The molecule has 0 fully saturated rings. The summed E-state index contributed by atoms with van der Waals surface area (Å²) in [6.45, 7) is 2.02. The van der Waals surface area contributed by atoms with Crippen LogP contribution in [0.2, 0.25) is 0 Å². The van der Waals surface area contributed by atoms with Crippen LogP contribution in [0.25, 0.3) is 11.0 Å². The van der Waals surface area contributed by atoms with Gasteiger partial charge in [0.1, 0.15) is 17.1 Å². The van der Waals surface area contributed by atoms with Gasteiger partial charge in [0.05, 0.1) is 18.1 Å². The van der Waals surface area contributed by atoms with Gasteiger partial charge in [-0.25, -0.2) is 4.79 Å². The van der Waals surface area contributed by atoms with Crippen molar-refractivity contribution in [2.45, 2.75) is 19.3 Å². The van der Waals surface area contributed by atoms with E-state index in [0.29, 0.717) is 28.7 Å². The minimum Gasteiger partial charge on any atom is -0.507 e. The Bertz CT molecular complexity index is 881. The standard InChI is InChI=1S/C19H18O4/c1-12(13-6-4-3-5-7-13)10-16-18(20)15-11-14(22-2)8-9-17(15)23-19(16)21/h3-9,11-12,20H,10H2,1-2H3. The van der Waals surface area contributed by atoms with Gasteiger partial charge in [0, 0.05) is 0 Å². The fourth-order valence-corrected chi connectivity index (χ4v) is 2.72. The molecule has 118 valence electrons. The highest BCUT2D eigenvalue weighted by atomic mass is 16.5. The second-order valence-corrected chi connectivity index (χ2v) is 5.59. The van der Waals surface area contributed by atoms with E-state index in [1.807, 2.05) is 37.3 Å². The molecule has 0 aliphatic rings. The van der Waals surface area contributed by atoms with E-state index in [-0.39, 0.29) is 11.7 Å². The van der Waals surface area contributed by atoms with E-state index >= 15 is 0 Å². The van der Waals surface area contributed by atoms with Crippen molar-refractivity contribution in [1.82, 2.24) is 0 Å². The molecule has 4 heteroatoms. The summed E-state index contributed by atoms with van der Waals surface area (Å²) in [4.78, 5) is 12.2.